The number of rotatable bonds is 13. The highest BCUT2D eigenvalue weighted by Crippen LogP contribution is 2.65. The summed E-state index contributed by atoms with van der Waals surface area (Å²) in [6.07, 6.45) is 9.45. The number of piperidine rings is 1. The molecule has 12 nitrogen and oxygen atoms in total. The number of carbonyl (C=O) groups excluding carboxylic acids is 6. The van der Waals surface area contributed by atoms with Gasteiger partial charge in [-0.05, 0) is 53.9 Å². The van der Waals surface area contributed by atoms with Crippen LogP contribution in [0.4, 0.5) is 4.79 Å². The molecule has 4 N–H and O–H groups in total. The molecule has 3 saturated carbocycles. The van der Waals surface area contributed by atoms with E-state index in [1.54, 1.807) is 11.0 Å². The van der Waals surface area contributed by atoms with Crippen molar-refractivity contribution in [2.45, 2.75) is 123 Å². The molecule has 0 spiro atoms. The fourth-order valence-electron chi connectivity index (χ4n) is 8.26. The molecule has 1 aliphatic heterocycles. The number of amides is 4. The number of primary amides is 1. The number of urea groups is 1. The number of hydrogen-bond donors (Lipinski definition) is 3. The van der Waals surface area contributed by atoms with Gasteiger partial charge in [-0.1, -0.05) is 73.1 Å². The summed E-state index contributed by atoms with van der Waals surface area (Å²) in [5.74, 6) is -3.48. The third-order valence-electron chi connectivity index (χ3n) is 11.5. The van der Waals surface area contributed by atoms with Crippen LogP contribution in [0.3, 0.4) is 0 Å². The van der Waals surface area contributed by atoms with E-state index in [-0.39, 0.29) is 42.0 Å². The lowest BCUT2D eigenvalue weighted by Crippen LogP contribution is -2.63. The highest BCUT2D eigenvalue weighted by molar-refractivity contribution is 6.36. The minimum absolute atomic E-state index is 0.0130. The van der Waals surface area contributed by atoms with Crippen LogP contribution < -0.4 is 16.4 Å². The number of carbonyl (C=O) groups is 6. The van der Waals surface area contributed by atoms with Crippen molar-refractivity contribution in [3.63, 3.8) is 0 Å². The first-order chi connectivity index (χ1) is 22.5. The normalized spacial score (nSPS) is 25.5. The molecule has 0 radical (unpaired) electrons. The molecule has 2 heterocycles. The minimum atomic E-state index is -1.24. The number of nitrogens with two attached hydrogens (primary N) is 1. The fourth-order valence-corrected chi connectivity index (χ4v) is 8.26. The second-order valence-corrected chi connectivity index (χ2v) is 16.3. The maximum absolute atomic E-state index is 14.4. The summed E-state index contributed by atoms with van der Waals surface area (Å²) in [7, 11) is 0. The monoisotopic (exact) mass is 668 g/mol. The maximum atomic E-state index is 14.4. The topological polar surface area (TPSA) is 178 Å². The summed E-state index contributed by atoms with van der Waals surface area (Å²) < 4.78 is 10.7. The van der Waals surface area contributed by atoms with E-state index in [2.05, 4.69) is 24.5 Å². The van der Waals surface area contributed by atoms with Crippen LogP contribution in [0, 0.1) is 34.5 Å². The molecule has 264 valence electrons. The van der Waals surface area contributed by atoms with Crippen LogP contribution in [-0.2, 0) is 35.3 Å². The average Bonchev–Trinajstić information content (AvgIpc) is 3.44. The van der Waals surface area contributed by atoms with Crippen molar-refractivity contribution in [2.75, 3.05) is 6.54 Å². The SMILES string of the molecule is CC(C)(C)[C@H](NC(=O)NC1(C(=O)OCc2ccoc2)CCCCC1)C(=O)N1C[C@H]2[C@@H]([C@H]1C(=O)CC(CC1CCC1)C(=O)C(N)=O)C2(C)C. The first kappa shape index (κ1) is 35.6. The molecule has 3 aliphatic carbocycles. The highest BCUT2D eigenvalue weighted by Gasteiger charge is 2.69. The Kier molecular flexibility index (Phi) is 10.1. The zero-order valence-electron chi connectivity index (χ0n) is 29.0. The van der Waals surface area contributed by atoms with Crippen LogP contribution in [0.15, 0.2) is 23.0 Å². The number of ether oxygens (including phenoxy) is 1. The average molecular weight is 669 g/mol. The van der Waals surface area contributed by atoms with Crippen molar-refractivity contribution in [1.82, 2.24) is 15.5 Å². The van der Waals surface area contributed by atoms with E-state index in [0.29, 0.717) is 31.4 Å². The zero-order chi connectivity index (χ0) is 35.0. The number of fused-ring (bicyclic) bond motifs is 1. The van der Waals surface area contributed by atoms with E-state index in [0.717, 1.165) is 38.5 Å². The van der Waals surface area contributed by atoms with Gasteiger partial charge < -0.3 is 30.4 Å². The Labute approximate surface area is 282 Å². The molecule has 12 heteroatoms. The third-order valence-corrected chi connectivity index (χ3v) is 11.5. The number of esters is 1. The predicted molar refractivity (Wildman–Crippen MR) is 175 cm³/mol. The van der Waals surface area contributed by atoms with Crippen molar-refractivity contribution >= 4 is 35.4 Å². The Morgan fingerprint density at radius 2 is 1.75 bits per heavy atom. The van der Waals surface area contributed by atoms with Gasteiger partial charge in [0.05, 0.1) is 18.6 Å². The van der Waals surface area contributed by atoms with Gasteiger partial charge >= 0.3 is 12.0 Å². The second kappa shape index (κ2) is 13.7. The van der Waals surface area contributed by atoms with Crippen molar-refractivity contribution in [3.05, 3.63) is 24.2 Å². The standard InChI is InChI=1S/C36H52N4O8/c1-34(2,3)29(38-33(46)39-36(13-7-6-8-14-36)32(45)48-20-22-12-15-47-19-22)31(44)40-18-24-26(35(24,4)5)27(40)25(41)17-23(28(42)30(37)43)16-21-10-9-11-21/h12,15,19,21,23-24,26-27,29H,6-11,13-14,16-18,20H2,1-5H3,(H2,37,43)(H2,38,39,46)/t23?,24-,26-,27+,29+/m0/s1. The Bertz CT molecular complexity index is 1400. The molecule has 1 saturated heterocycles. The highest BCUT2D eigenvalue weighted by atomic mass is 16.5. The molecule has 1 unspecified atom stereocenters. The molecule has 48 heavy (non-hydrogen) atoms. The molecule has 0 aromatic carbocycles. The first-order valence-electron chi connectivity index (χ1n) is 17.5. The molecule has 5 rings (SSSR count). The van der Waals surface area contributed by atoms with Gasteiger partial charge in [0.1, 0.15) is 18.2 Å². The van der Waals surface area contributed by atoms with E-state index < -0.39 is 58.6 Å². The van der Waals surface area contributed by atoms with Crippen LogP contribution in [-0.4, -0.2) is 64.4 Å². The largest absolute Gasteiger partial charge is 0.472 e. The van der Waals surface area contributed by atoms with Gasteiger partial charge in [-0.2, -0.15) is 0 Å². The van der Waals surface area contributed by atoms with Crippen LogP contribution in [0.2, 0.25) is 0 Å². The van der Waals surface area contributed by atoms with Gasteiger partial charge in [-0.3, -0.25) is 19.2 Å². The van der Waals surface area contributed by atoms with Gasteiger partial charge in [0, 0.05) is 24.4 Å². The van der Waals surface area contributed by atoms with Crippen molar-refractivity contribution < 1.29 is 37.9 Å². The predicted octanol–water partition coefficient (Wildman–Crippen LogP) is 4.04. The van der Waals surface area contributed by atoms with Gasteiger partial charge in [-0.15, -0.1) is 0 Å². The zero-order valence-corrected chi connectivity index (χ0v) is 29.0. The summed E-state index contributed by atoms with van der Waals surface area (Å²) in [5, 5.41) is 5.75. The van der Waals surface area contributed by atoms with Gasteiger partial charge in [0.2, 0.25) is 11.7 Å². The molecule has 4 aliphatic rings. The Morgan fingerprint density at radius 1 is 1.06 bits per heavy atom. The molecule has 4 amide bonds. The lowest BCUT2D eigenvalue weighted by atomic mass is 9.76. The number of likely N-dealkylation sites (tertiary alicyclic amines) is 1. The van der Waals surface area contributed by atoms with E-state index in [1.165, 1.54) is 12.5 Å². The van der Waals surface area contributed by atoms with E-state index in [4.69, 9.17) is 14.9 Å². The Morgan fingerprint density at radius 3 is 2.31 bits per heavy atom. The molecule has 4 fully saturated rings. The summed E-state index contributed by atoms with van der Waals surface area (Å²) >= 11 is 0. The number of ketones is 2. The molecule has 0 bridgehead atoms. The van der Waals surface area contributed by atoms with Gasteiger partial charge in [-0.25, -0.2) is 9.59 Å². The lowest BCUT2D eigenvalue weighted by Gasteiger charge is -2.39. The van der Waals surface area contributed by atoms with Crippen molar-refractivity contribution in [1.29, 1.82) is 0 Å². The van der Waals surface area contributed by atoms with E-state index in [9.17, 15) is 28.8 Å². The lowest BCUT2D eigenvalue weighted by molar-refractivity contribution is -0.154. The molecule has 1 aromatic rings. The Balaban J connectivity index is 1.32. The number of nitrogens with zero attached hydrogens (tertiary/aromatic N) is 1. The summed E-state index contributed by atoms with van der Waals surface area (Å²) in [4.78, 5) is 81.8. The smallest absolute Gasteiger partial charge is 0.332 e. The van der Waals surface area contributed by atoms with Gasteiger partial charge in [0.15, 0.2) is 5.78 Å². The summed E-state index contributed by atoms with van der Waals surface area (Å²) in [5.41, 5.74) is 3.92. The molecular formula is C36H52N4O8. The third kappa shape index (κ3) is 7.32. The first-order valence-corrected chi connectivity index (χ1v) is 17.5. The van der Waals surface area contributed by atoms with Crippen LogP contribution >= 0.6 is 0 Å². The van der Waals surface area contributed by atoms with E-state index in [1.807, 2.05) is 20.8 Å². The quantitative estimate of drug-likeness (QED) is 0.208. The molecule has 5 atom stereocenters. The molecule has 1 aromatic heterocycles. The fraction of sp³-hybridized carbons (Fsp3) is 0.722. The number of Topliss-reactive ketones (excluding diaryl/α,β-unsaturated/α-hetero) is 2. The molecular weight excluding hydrogens is 616 g/mol. The summed E-state index contributed by atoms with van der Waals surface area (Å²) in [6.45, 7) is 10.0. The number of nitrogens with one attached hydrogen (secondary N) is 2. The Hall–Kier alpha value is -3.70. The second-order valence-electron chi connectivity index (χ2n) is 16.3. The van der Waals surface area contributed by atoms with Crippen LogP contribution in [0.5, 0.6) is 0 Å². The van der Waals surface area contributed by atoms with Crippen LogP contribution in [0.1, 0.15) is 104 Å². The van der Waals surface area contributed by atoms with E-state index >= 15 is 0 Å². The van der Waals surface area contributed by atoms with Crippen molar-refractivity contribution in [2.24, 2.45) is 40.2 Å². The number of furan rings is 1. The van der Waals surface area contributed by atoms with Gasteiger partial charge in [0.25, 0.3) is 5.91 Å². The summed E-state index contributed by atoms with van der Waals surface area (Å²) in [6, 6.07) is -0.759. The van der Waals surface area contributed by atoms with Crippen molar-refractivity contribution in [3.8, 4) is 0 Å². The van der Waals surface area contributed by atoms with Crippen LogP contribution in [0.25, 0.3) is 0 Å². The maximum Gasteiger partial charge on any atom is 0.332 e. The number of hydrogen-bond acceptors (Lipinski definition) is 8. The minimum Gasteiger partial charge on any atom is -0.472 e.